The van der Waals surface area contributed by atoms with Crippen molar-refractivity contribution >= 4 is 5.91 Å². The van der Waals surface area contributed by atoms with E-state index < -0.39 is 5.60 Å². The third-order valence-corrected chi connectivity index (χ3v) is 5.25. The summed E-state index contributed by atoms with van der Waals surface area (Å²) < 4.78 is 15.6. The van der Waals surface area contributed by atoms with Gasteiger partial charge in [0.1, 0.15) is 5.82 Å². The van der Waals surface area contributed by atoms with Crippen molar-refractivity contribution in [2.75, 3.05) is 13.1 Å². The number of amides is 1. The molecular formula is C20H26FN3O2. The molecule has 1 aliphatic rings. The van der Waals surface area contributed by atoms with E-state index in [-0.39, 0.29) is 18.1 Å². The molecule has 0 unspecified atom stereocenters. The van der Waals surface area contributed by atoms with E-state index in [1.54, 1.807) is 22.9 Å². The second-order valence-electron chi connectivity index (χ2n) is 7.29. The van der Waals surface area contributed by atoms with Crippen molar-refractivity contribution in [1.29, 1.82) is 0 Å². The SMILES string of the molecule is Cc1nn(C)cc1CCC(=O)N1CCC(O)(Cc2ccccc2F)CC1. The minimum Gasteiger partial charge on any atom is -0.389 e. The Morgan fingerprint density at radius 3 is 2.58 bits per heavy atom. The van der Waals surface area contributed by atoms with Crippen LogP contribution >= 0.6 is 0 Å². The Bertz CT molecular complexity index is 779. The Morgan fingerprint density at radius 1 is 1.27 bits per heavy atom. The van der Waals surface area contributed by atoms with Crippen LogP contribution in [0.3, 0.4) is 0 Å². The van der Waals surface area contributed by atoms with Crippen molar-refractivity contribution in [2.45, 2.75) is 44.6 Å². The number of aryl methyl sites for hydroxylation is 3. The lowest BCUT2D eigenvalue weighted by molar-refractivity contribution is -0.135. The number of hydrogen-bond acceptors (Lipinski definition) is 3. The van der Waals surface area contributed by atoms with Crippen LogP contribution in [0.4, 0.5) is 4.39 Å². The number of aromatic nitrogens is 2. The lowest BCUT2D eigenvalue weighted by Gasteiger charge is -2.38. The first-order valence-corrected chi connectivity index (χ1v) is 9.09. The van der Waals surface area contributed by atoms with Gasteiger partial charge in [-0.3, -0.25) is 9.48 Å². The van der Waals surface area contributed by atoms with E-state index in [0.717, 1.165) is 11.3 Å². The van der Waals surface area contributed by atoms with E-state index in [1.807, 2.05) is 25.1 Å². The maximum Gasteiger partial charge on any atom is 0.222 e. The standard InChI is InChI=1S/C20H26FN3O2/c1-15-17(14-23(2)22-15)7-8-19(25)24-11-9-20(26,10-12-24)13-16-5-3-4-6-18(16)21/h3-6,14,26H,7-13H2,1-2H3. The summed E-state index contributed by atoms with van der Waals surface area (Å²) >= 11 is 0. The molecule has 0 saturated carbocycles. The van der Waals surface area contributed by atoms with Crippen molar-refractivity contribution in [2.24, 2.45) is 7.05 Å². The lowest BCUT2D eigenvalue weighted by atomic mass is 9.85. The zero-order valence-corrected chi connectivity index (χ0v) is 15.4. The smallest absolute Gasteiger partial charge is 0.222 e. The minimum absolute atomic E-state index is 0.0983. The number of benzene rings is 1. The summed E-state index contributed by atoms with van der Waals surface area (Å²) in [7, 11) is 1.87. The fourth-order valence-corrected chi connectivity index (χ4v) is 3.64. The molecule has 6 heteroatoms. The molecule has 0 atom stereocenters. The summed E-state index contributed by atoms with van der Waals surface area (Å²) in [6.07, 6.45) is 4.30. The van der Waals surface area contributed by atoms with Crippen molar-refractivity contribution in [3.8, 4) is 0 Å². The maximum absolute atomic E-state index is 13.8. The number of halogens is 1. The van der Waals surface area contributed by atoms with Crippen LogP contribution in [0.5, 0.6) is 0 Å². The third-order valence-electron chi connectivity index (χ3n) is 5.25. The highest BCUT2D eigenvalue weighted by Gasteiger charge is 2.34. The highest BCUT2D eigenvalue weighted by molar-refractivity contribution is 5.76. The van der Waals surface area contributed by atoms with Gasteiger partial charge in [-0.1, -0.05) is 18.2 Å². The molecule has 5 nitrogen and oxygen atoms in total. The summed E-state index contributed by atoms with van der Waals surface area (Å²) in [6.45, 7) is 2.97. The molecular weight excluding hydrogens is 333 g/mol. The molecule has 26 heavy (non-hydrogen) atoms. The molecule has 2 heterocycles. The minimum atomic E-state index is -0.946. The van der Waals surface area contributed by atoms with Gasteiger partial charge in [0.05, 0.1) is 11.3 Å². The highest BCUT2D eigenvalue weighted by Crippen LogP contribution is 2.27. The molecule has 0 spiro atoms. The Balaban J connectivity index is 1.52. The average Bonchev–Trinajstić information content (AvgIpc) is 2.93. The van der Waals surface area contributed by atoms with Gasteiger partial charge in [0.25, 0.3) is 0 Å². The molecule has 1 fully saturated rings. The molecule has 0 radical (unpaired) electrons. The summed E-state index contributed by atoms with van der Waals surface area (Å²) in [5.41, 5.74) is 1.63. The van der Waals surface area contributed by atoms with E-state index in [0.29, 0.717) is 44.3 Å². The number of nitrogens with zero attached hydrogens (tertiary/aromatic N) is 3. The summed E-state index contributed by atoms with van der Waals surface area (Å²) in [5, 5.41) is 15.1. The first-order chi connectivity index (χ1) is 12.4. The third kappa shape index (κ3) is 4.30. The summed E-state index contributed by atoms with van der Waals surface area (Å²) in [5.74, 6) is -0.188. The van der Waals surface area contributed by atoms with Crippen LogP contribution in [0.2, 0.25) is 0 Å². The van der Waals surface area contributed by atoms with Crippen LogP contribution in [0.25, 0.3) is 0 Å². The largest absolute Gasteiger partial charge is 0.389 e. The van der Waals surface area contributed by atoms with Crippen LogP contribution in [0.15, 0.2) is 30.5 Å². The number of carbonyl (C=O) groups is 1. The molecule has 0 aliphatic carbocycles. The number of carbonyl (C=O) groups excluding carboxylic acids is 1. The number of aliphatic hydroxyl groups is 1. The Labute approximate surface area is 153 Å². The quantitative estimate of drug-likeness (QED) is 0.892. The normalized spacial score (nSPS) is 16.7. The molecule has 1 saturated heterocycles. The molecule has 1 amide bonds. The van der Waals surface area contributed by atoms with Gasteiger partial charge >= 0.3 is 0 Å². The van der Waals surface area contributed by atoms with E-state index in [9.17, 15) is 14.3 Å². The monoisotopic (exact) mass is 359 g/mol. The lowest BCUT2D eigenvalue weighted by Crippen LogP contribution is -2.47. The van der Waals surface area contributed by atoms with Crippen LogP contribution in [-0.2, 0) is 24.7 Å². The first kappa shape index (κ1) is 18.6. The van der Waals surface area contributed by atoms with Gasteiger partial charge in [0.2, 0.25) is 5.91 Å². The van der Waals surface area contributed by atoms with Gasteiger partial charge in [-0.15, -0.1) is 0 Å². The Morgan fingerprint density at radius 2 is 1.96 bits per heavy atom. The fraction of sp³-hybridized carbons (Fsp3) is 0.500. The van der Waals surface area contributed by atoms with Crippen LogP contribution in [-0.4, -0.2) is 44.4 Å². The number of rotatable bonds is 5. The number of hydrogen-bond donors (Lipinski definition) is 1. The molecule has 3 rings (SSSR count). The molecule has 1 aromatic carbocycles. The zero-order valence-electron chi connectivity index (χ0n) is 15.4. The molecule has 2 aromatic rings. The van der Waals surface area contributed by atoms with Crippen molar-refractivity contribution in [3.63, 3.8) is 0 Å². The van der Waals surface area contributed by atoms with Crippen LogP contribution < -0.4 is 0 Å². The molecule has 0 bridgehead atoms. The van der Waals surface area contributed by atoms with Gasteiger partial charge in [-0.25, -0.2) is 4.39 Å². The van der Waals surface area contributed by atoms with Crippen molar-refractivity contribution < 1.29 is 14.3 Å². The Kier molecular flexibility index (Phi) is 5.41. The Hall–Kier alpha value is -2.21. The van der Waals surface area contributed by atoms with Gasteiger partial charge < -0.3 is 10.0 Å². The van der Waals surface area contributed by atoms with E-state index in [4.69, 9.17) is 0 Å². The van der Waals surface area contributed by atoms with E-state index in [1.165, 1.54) is 6.07 Å². The maximum atomic E-state index is 13.8. The van der Waals surface area contributed by atoms with Gasteiger partial charge in [-0.2, -0.15) is 5.10 Å². The number of piperidine rings is 1. The van der Waals surface area contributed by atoms with Gasteiger partial charge in [0, 0.05) is 39.2 Å². The van der Waals surface area contributed by atoms with Gasteiger partial charge in [-0.05, 0) is 43.4 Å². The first-order valence-electron chi connectivity index (χ1n) is 9.09. The zero-order chi connectivity index (χ0) is 18.7. The fourth-order valence-electron chi connectivity index (χ4n) is 3.64. The summed E-state index contributed by atoms with van der Waals surface area (Å²) in [6, 6.07) is 6.55. The van der Waals surface area contributed by atoms with Crippen molar-refractivity contribution in [3.05, 3.63) is 53.1 Å². The van der Waals surface area contributed by atoms with E-state index in [2.05, 4.69) is 5.10 Å². The predicted molar refractivity (Wildman–Crippen MR) is 97.1 cm³/mol. The number of likely N-dealkylation sites (tertiary alicyclic amines) is 1. The predicted octanol–water partition coefficient (Wildman–Crippen LogP) is 2.40. The highest BCUT2D eigenvalue weighted by atomic mass is 19.1. The van der Waals surface area contributed by atoms with Crippen LogP contribution in [0, 0.1) is 12.7 Å². The molecule has 1 aliphatic heterocycles. The van der Waals surface area contributed by atoms with Crippen molar-refractivity contribution in [1.82, 2.24) is 14.7 Å². The summed E-state index contributed by atoms with van der Waals surface area (Å²) in [4.78, 5) is 14.3. The second kappa shape index (κ2) is 7.58. The van der Waals surface area contributed by atoms with E-state index >= 15 is 0 Å². The molecule has 1 N–H and O–H groups in total. The second-order valence-corrected chi connectivity index (χ2v) is 7.29. The molecule has 1 aromatic heterocycles. The topological polar surface area (TPSA) is 58.4 Å². The van der Waals surface area contributed by atoms with Crippen LogP contribution in [0.1, 0.15) is 36.1 Å². The van der Waals surface area contributed by atoms with Gasteiger partial charge in [0.15, 0.2) is 0 Å². The average molecular weight is 359 g/mol. The molecule has 140 valence electrons.